The van der Waals surface area contributed by atoms with Gasteiger partial charge in [-0.05, 0) is 18.6 Å². The topological polar surface area (TPSA) is 67.2 Å². The summed E-state index contributed by atoms with van der Waals surface area (Å²) in [5, 5.41) is 10.5. The largest absolute Gasteiger partial charge is 0.338 e. The quantitative estimate of drug-likeness (QED) is 0.869. The molecule has 6 heteroatoms. The van der Waals surface area contributed by atoms with Gasteiger partial charge in [-0.2, -0.15) is 0 Å². The smallest absolute Gasteiger partial charge is 0.240 e. The van der Waals surface area contributed by atoms with Gasteiger partial charge in [-0.1, -0.05) is 55.7 Å². The van der Waals surface area contributed by atoms with Crippen LogP contribution < -0.4 is 10.6 Å². The van der Waals surface area contributed by atoms with E-state index in [1.165, 1.54) is 0 Å². The lowest BCUT2D eigenvalue weighted by Gasteiger charge is -2.15. The Bertz CT molecular complexity index is 676. The van der Waals surface area contributed by atoms with Crippen molar-refractivity contribution in [3.63, 3.8) is 0 Å². The van der Waals surface area contributed by atoms with Crippen LogP contribution in [-0.4, -0.2) is 17.6 Å². The van der Waals surface area contributed by atoms with Crippen molar-refractivity contribution < 1.29 is 9.32 Å². The van der Waals surface area contributed by atoms with Gasteiger partial charge in [0.05, 0.1) is 12.2 Å². The molecule has 1 heterocycles. The minimum atomic E-state index is -0.194. The third kappa shape index (κ3) is 4.81. The Labute approximate surface area is 141 Å². The number of carbonyl (C=O) groups is 1. The van der Waals surface area contributed by atoms with E-state index in [1.54, 1.807) is 6.07 Å². The number of hydrogen-bond donors (Lipinski definition) is 2. The number of hydrogen-bond acceptors (Lipinski definition) is 4. The van der Waals surface area contributed by atoms with Gasteiger partial charge in [-0.15, -0.1) is 0 Å². The lowest BCUT2D eigenvalue weighted by Crippen LogP contribution is -2.30. The number of aromatic nitrogens is 1. The molecule has 124 valence electrons. The molecule has 1 aromatic heterocycles. The third-order valence-corrected chi connectivity index (χ3v) is 3.83. The van der Waals surface area contributed by atoms with Crippen molar-refractivity contribution in [3.8, 4) is 0 Å². The van der Waals surface area contributed by atoms with Gasteiger partial charge in [-0.3, -0.25) is 10.1 Å². The molecule has 1 unspecified atom stereocenters. The number of nitrogens with one attached hydrogen (secondary N) is 2. The van der Waals surface area contributed by atoms with Crippen LogP contribution in [-0.2, 0) is 10.2 Å². The lowest BCUT2D eigenvalue weighted by molar-refractivity contribution is -0.115. The summed E-state index contributed by atoms with van der Waals surface area (Å²) in [5.41, 5.74) is 1.63. The van der Waals surface area contributed by atoms with Gasteiger partial charge < -0.3 is 9.84 Å². The zero-order valence-corrected chi connectivity index (χ0v) is 14.6. The molecule has 1 aromatic carbocycles. The molecule has 2 N–H and O–H groups in total. The van der Waals surface area contributed by atoms with E-state index >= 15 is 0 Å². The molecule has 0 saturated heterocycles. The van der Waals surface area contributed by atoms with Crippen LogP contribution in [0.2, 0.25) is 5.02 Å². The molecule has 0 aliphatic rings. The zero-order chi connectivity index (χ0) is 17.0. The van der Waals surface area contributed by atoms with E-state index in [4.69, 9.17) is 16.1 Å². The average Bonchev–Trinajstić information content (AvgIpc) is 2.94. The summed E-state index contributed by atoms with van der Waals surface area (Å²) >= 11 is 6.15. The number of nitrogens with zero attached hydrogens (tertiary/aromatic N) is 1. The number of rotatable bonds is 5. The van der Waals surface area contributed by atoms with Gasteiger partial charge >= 0.3 is 0 Å². The molecule has 2 rings (SSSR count). The fraction of sp³-hybridized carbons (Fsp3) is 0.412. The predicted molar refractivity (Wildman–Crippen MR) is 91.7 cm³/mol. The van der Waals surface area contributed by atoms with Gasteiger partial charge in [0.1, 0.15) is 0 Å². The van der Waals surface area contributed by atoms with Gasteiger partial charge in [-0.25, -0.2) is 0 Å². The van der Waals surface area contributed by atoms with Crippen molar-refractivity contribution in [2.24, 2.45) is 0 Å². The van der Waals surface area contributed by atoms with Crippen molar-refractivity contribution >= 4 is 23.4 Å². The van der Waals surface area contributed by atoms with E-state index in [9.17, 15) is 4.79 Å². The van der Waals surface area contributed by atoms with Crippen LogP contribution in [0.25, 0.3) is 0 Å². The Kier molecular flexibility index (Phi) is 5.44. The second-order valence-corrected chi connectivity index (χ2v) is 6.91. The van der Waals surface area contributed by atoms with Crippen LogP contribution in [0.15, 0.2) is 34.9 Å². The Morgan fingerprint density at radius 2 is 2.04 bits per heavy atom. The molecule has 0 spiro atoms. The van der Waals surface area contributed by atoms with Crippen LogP contribution in [0.3, 0.4) is 0 Å². The maximum Gasteiger partial charge on any atom is 0.240 e. The fourth-order valence-electron chi connectivity index (χ4n) is 2.05. The first-order chi connectivity index (χ1) is 10.8. The second kappa shape index (κ2) is 7.15. The van der Waals surface area contributed by atoms with Crippen LogP contribution >= 0.6 is 11.6 Å². The van der Waals surface area contributed by atoms with Gasteiger partial charge in [0.2, 0.25) is 11.8 Å². The van der Waals surface area contributed by atoms with Crippen molar-refractivity contribution in [1.29, 1.82) is 0 Å². The van der Waals surface area contributed by atoms with Crippen LogP contribution in [0.5, 0.6) is 0 Å². The number of amides is 1. The van der Waals surface area contributed by atoms with Crippen molar-refractivity contribution in [3.05, 3.63) is 46.6 Å². The van der Waals surface area contributed by atoms with Crippen LogP contribution in [0, 0.1) is 0 Å². The van der Waals surface area contributed by atoms with Crippen molar-refractivity contribution in [2.45, 2.75) is 39.2 Å². The molecule has 0 aliphatic heterocycles. The second-order valence-electron chi connectivity index (χ2n) is 6.50. The van der Waals surface area contributed by atoms with E-state index in [0.717, 1.165) is 11.3 Å². The zero-order valence-electron chi connectivity index (χ0n) is 13.8. The van der Waals surface area contributed by atoms with Crippen LogP contribution in [0.1, 0.15) is 45.0 Å². The molecule has 0 fully saturated rings. The summed E-state index contributed by atoms with van der Waals surface area (Å²) in [6, 6.07) is 9.27. The fourth-order valence-corrected chi connectivity index (χ4v) is 2.35. The first-order valence-corrected chi connectivity index (χ1v) is 7.90. The van der Waals surface area contributed by atoms with E-state index in [0.29, 0.717) is 10.9 Å². The highest BCUT2D eigenvalue weighted by Crippen LogP contribution is 2.24. The molecule has 0 aliphatic carbocycles. The molecular weight excluding hydrogens is 314 g/mol. The van der Waals surface area contributed by atoms with Crippen molar-refractivity contribution in [1.82, 2.24) is 10.5 Å². The van der Waals surface area contributed by atoms with Gasteiger partial charge in [0.25, 0.3) is 0 Å². The van der Waals surface area contributed by atoms with E-state index in [1.807, 2.05) is 52.0 Å². The molecule has 0 bridgehead atoms. The minimum Gasteiger partial charge on any atom is -0.338 e. The number of anilines is 1. The summed E-state index contributed by atoms with van der Waals surface area (Å²) in [7, 11) is 0. The highest BCUT2D eigenvalue weighted by Gasteiger charge is 2.19. The van der Waals surface area contributed by atoms with Gasteiger partial charge in [0, 0.05) is 22.5 Å². The maximum absolute atomic E-state index is 12.0. The SMILES string of the molecule is CC(NCC(=O)Nc1cc(C(C)(C)C)no1)c1ccccc1Cl. The standard InChI is InChI=1S/C17H22ClN3O2/c1-11(12-7-5-6-8-13(12)18)19-10-15(22)20-16-9-14(21-23-16)17(2,3)4/h5-9,11,19H,10H2,1-4H3,(H,20,22). The summed E-state index contributed by atoms with van der Waals surface area (Å²) in [4.78, 5) is 12.0. The summed E-state index contributed by atoms with van der Waals surface area (Å²) < 4.78 is 5.14. The number of benzene rings is 1. The molecular formula is C17H22ClN3O2. The summed E-state index contributed by atoms with van der Waals surface area (Å²) in [6.45, 7) is 8.20. The molecule has 1 amide bonds. The first kappa shape index (κ1) is 17.5. The highest BCUT2D eigenvalue weighted by atomic mass is 35.5. The Balaban J connectivity index is 1.88. The highest BCUT2D eigenvalue weighted by molar-refractivity contribution is 6.31. The monoisotopic (exact) mass is 335 g/mol. The molecule has 5 nitrogen and oxygen atoms in total. The minimum absolute atomic E-state index is 0.0330. The number of halogens is 1. The van der Waals surface area contributed by atoms with Crippen molar-refractivity contribution in [2.75, 3.05) is 11.9 Å². The molecule has 1 atom stereocenters. The molecule has 0 saturated carbocycles. The van der Waals surface area contributed by atoms with Gasteiger partial charge in [0.15, 0.2) is 0 Å². The van der Waals surface area contributed by atoms with E-state index < -0.39 is 0 Å². The summed E-state index contributed by atoms with van der Waals surface area (Å²) in [5.74, 6) is 0.160. The summed E-state index contributed by atoms with van der Waals surface area (Å²) in [6.07, 6.45) is 0. The average molecular weight is 336 g/mol. The maximum atomic E-state index is 12.0. The first-order valence-electron chi connectivity index (χ1n) is 7.52. The Morgan fingerprint density at radius 1 is 1.35 bits per heavy atom. The lowest BCUT2D eigenvalue weighted by atomic mass is 9.92. The predicted octanol–water partition coefficient (Wildman–Crippen LogP) is 3.91. The molecule has 2 aromatic rings. The van der Waals surface area contributed by atoms with E-state index in [-0.39, 0.29) is 23.9 Å². The normalized spacial score (nSPS) is 12.9. The molecule has 23 heavy (non-hydrogen) atoms. The Morgan fingerprint density at radius 3 is 2.65 bits per heavy atom. The van der Waals surface area contributed by atoms with E-state index in [2.05, 4.69) is 15.8 Å². The van der Waals surface area contributed by atoms with Crippen LogP contribution in [0.4, 0.5) is 5.88 Å². The number of carbonyl (C=O) groups excluding carboxylic acids is 1. The third-order valence-electron chi connectivity index (χ3n) is 3.48. The Hall–Kier alpha value is -1.85. The molecule has 0 radical (unpaired) electrons.